The first-order valence-corrected chi connectivity index (χ1v) is 31.0. The Morgan fingerprint density at radius 1 is 0.633 bits per heavy atom. The minimum atomic E-state index is -2.85. The van der Waals surface area contributed by atoms with E-state index in [4.69, 9.17) is 69.9 Å². The molecule has 0 amide bonds. The van der Waals surface area contributed by atoms with Crippen LogP contribution in [0.25, 0.3) is 22.1 Å². The van der Waals surface area contributed by atoms with E-state index >= 15 is 0 Å². The summed E-state index contributed by atoms with van der Waals surface area (Å²) in [5.41, 5.74) is 3.33. The zero-order chi connectivity index (χ0) is 56.9. The summed E-state index contributed by atoms with van der Waals surface area (Å²) in [7, 11) is -1.65. The Kier molecular flexibility index (Phi) is 19.9. The molecule has 4 fully saturated rings. The van der Waals surface area contributed by atoms with Gasteiger partial charge in [-0.15, -0.1) is 0 Å². The molecule has 0 spiro atoms. The van der Waals surface area contributed by atoms with Crippen LogP contribution in [0.4, 0.5) is 11.6 Å². The molecule has 10 rings (SSSR count). The molecule has 79 heavy (non-hydrogen) atoms. The van der Waals surface area contributed by atoms with Crippen molar-refractivity contribution in [3.8, 4) is 0 Å². The lowest BCUT2D eigenvalue weighted by Crippen LogP contribution is -2.33. The second-order valence-corrected chi connectivity index (χ2v) is 25.7. The normalized spacial score (nSPS) is 24.6. The summed E-state index contributed by atoms with van der Waals surface area (Å²) in [5, 5.41) is 20.6. The lowest BCUT2D eigenvalue weighted by atomic mass is 10.1. The van der Waals surface area contributed by atoms with E-state index in [2.05, 4.69) is 54.4 Å². The van der Waals surface area contributed by atoms with Crippen LogP contribution in [-0.2, 0) is 68.9 Å². The number of hydrogen-bond donors (Lipinski definition) is 1. The SMILES string of the molecule is CCOP(=O)(CC)OCC.CCOP(C)(=O)COC[C@H]1O[C@@H](n2ncc3c(N(C)Cc4ccccc4)nc(Cl)nc32)[C@@H]2OC(C)(C)O[C@@H]21.CN(Cc1ccccc1)c1nc(Cl)nc2c1cnn2[C@@H]1O[C@H](CO)[C@H]2OC(C)(C)O[C@H]21. The molecule has 8 heterocycles. The molecule has 1 unspecified atom stereocenters. The molecular weight excluding hydrogens is 1110 g/mol. The van der Waals surface area contributed by atoms with Crippen molar-refractivity contribution < 1.29 is 61.0 Å². The van der Waals surface area contributed by atoms with Crippen LogP contribution in [0.15, 0.2) is 73.1 Å². The van der Waals surface area contributed by atoms with Crippen LogP contribution in [0.1, 0.15) is 79.0 Å². The van der Waals surface area contributed by atoms with E-state index in [1.54, 1.807) is 56.1 Å². The van der Waals surface area contributed by atoms with Gasteiger partial charge in [0.05, 0.1) is 56.2 Å². The van der Waals surface area contributed by atoms with Gasteiger partial charge in [-0.05, 0) is 82.8 Å². The highest BCUT2D eigenvalue weighted by molar-refractivity contribution is 7.57. The Bertz CT molecular complexity index is 3060. The summed E-state index contributed by atoms with van der Waals surface area (Å²) in [6.07, 6.45) is -0.140. The number of hydrogen-bond acceptors (Lipinski definition) is 21. The number of anilines is 2. The molecule has 4 aromatic heterocycles. The zero-order valence-corrected chi connectivity index (χ0v) is 49.7. The first kappa shape index (κ1) is 60.8. The van der Waals surface area contributed by atoms with E-state index in [9.17, 15) is 14.2 Å². The number of rotatable bonds is 20. The predicted molar refractivity (Wildman–Crippen MR) is 298 cm³/mol. The van der Waals surface area contributed by atoms with Crippen molar-refractivity contribution in [2.45, 2.75) is 129 Å². The van der Waals surface area contributed by atoms with Crippen molar-refractivity contribution in [2.24, 2.45) is 0 Å². The molecule has 2 aromatic carbocycles. The van der Waals surface area contributed by atoms with Crippen LogP contribution < -0.4 is 9.80 Å². The number of aliphatic hydroxyl groups is 1. The van der Waals surface area contributed by atoms with Crippen LogP contribution in [0.5, 0.6) is 0 Å². The molecule has 0 saturated carbocycles. The monoisotopic (exact) mass is 1180 g/mol. The quantitative estimate of drug-likeness (QED) is 0.0553. The van der Waals surface area contributed by atoms with E-state index in [0.717, 1.165) is 21.9 Å². The summed E-state index contributed by atoms with van der Waals surface area (Å²) in [4.78, 5) is 21.9. The van der Waals surface area contributed by atoms with Gasteiger partial charge in [0.1, 0.15) is 54.6 Å². The van der Waals surface area contributed by atoms with Crippen LogP contribution in [0.2, 0.25) is 10.6 Å². The van der Waals surface area contributed by atoms with Gasteiger partial charge in [0.15, 0.2) is 35.3 Å². The number of halogens is 2. The van der Waals surface area contributed by atoms with Gasteiger partial charge in [0, 0.05) is 40.0 Å². The van der Waals surface area contributed by atoms with Crippen LogP contribution in [-0.4, -0.2) is 159 Å². The molecule has 4 aliphatic rings. The molecule has 9 atom stereocenters. The molecule has 4 saturated heterocycles. The summed E-state index contributed by atoms with van der Waals surface area (Å²) in [6, 6.07) is 20.2. The van der Waals surface area contributed by atoms with E-state index in [1.807, 2.05) is 88.0 Å². The fourth-order valence-electron chi connectivity index (χ4n) is 9.84. The van der Waals surface area contributed by atoms with Gasteiger partial charge in [-0.2, -0.15) is 30.1 Å². The lowest BCUT2D eigenvalue weighted by Gasteiger charge is -2.25. The molecule has 6 aromatic rings. The Labute approximate surface area is 470 Å². The zero-order valence-electron chi connectivity index (χ0n) is 46.4. The van der Waals surface area contributed by atoms with Gasteiger partial charge in [-0.3, -0.25) is 9.13 Å². The maximum Gasteiger partial charge on any atom is 0.330 e. The number of benzene rings is 2. The summed E-state index contributed by atoms with van der Waals surface area (Å²) < 4.78 is 84.9. The first-order chi connectivity index (χ1) is 37.6. The minimum absolute atomic E-state index is 0.0162. The minimum Gasteiger partial charge on any atom is -0.394 e. The lowest BCUT2D eigenvalue weighted by molar-refractivity contribution is -0.202. The van der Waals surface area contributed by atoms with E-state index in [-0.39, 0.29) is 30.1 Å². The molecule has 27 heteroatoms. The largest absolute Gasteiger partial charge is 0.394 e. The van der Waals surface area contributed by atoms with Crippen molar-refractivity contribution in [1.82, 2.24) is 39.5 Å². The number of nitrogens with zero attached hydrogens (tertiary/aromatic N) is 10. The number of fused-ring (bicyclic) bond motifs is 4. The second kappa shape index (κ2) is 25.9. The summed E-state index contributed by atoms with van der Waals surface area (Å²) >= 11 is 12.7. The molecule has 0 bridgehead atoms. The van der Waals surface area contributed by atoms with Crippen molar-refractivity contribution in [2.75, 3.05) is 76.1 Å². The highest BCUT2D eigenvalue weighted by Crippen LogP contribution is 2.48. The average molecular weight is 1180 g/mol. The maximum atomic E-state index is 12.5. The Morgan fingerprint density at radius 3 is 1.47 bits per heavy atom. The highest BCUT2D eigenvalue weighted by Gasteiger charge is 2.58. The van der Waals surface area contributed by atoms with Gasteiger partial charge in [0.2, 0.25) is 17.9 Å². The van der Waals surface area contributed by atoms with E-state index < -0.39 is 75.6 Å². The smallest absolute Gasteiger partial charge is 0.330 e. The van der Waals surface area contributed by atoms with Crippen LogP contribution in [0, 0.1) is 0 Å². The van der Waals surface area contributed by atoms with Gasteiger partial charge >= 0.3 is 7.60 Å². The summed E-state index contributed by atoms with van der Waals surface area (Å²) in [5.74, 6) is -0.274. The first-order valence-electron chi connectivity index (χ1n) is 26.2. The Morgan fingerprint density at radius 2 is 1.05 bits per heavy atom. The fourth-order valence-corrected chi connectivity index (χ4v) is 12.4. The Balaban J connectivity index is 0.000000180. The highest BCUT2D eigenvalue weighted by atomic mass is 35.5. The molecule has 1 N–H and O–H groups in total. The Hall–Kier alpha value is -4.26. The number of aromatic nitrogens is 8. The third-order valence-electron chi connectivity index (χ3n) is 13.0. The molecule has 0 radical (unpaired) electrons. The van der Waals surface area contributed by atoms with Gasteiger partial charge in [-0.1, -0.05) is 67.6 Å². The molecule has 23 nitrogen and oxygen atoms in total. The molecule has 432 valence electrons. The van der Waals surface area contributed by atoms with Crippen LogP contribution >= 0.6 is 38.2 Å². The van der Waals surface area contributed by atoms with Crippen molar-refractivity contribution >= 4 is 71.9 Å². The standard InChI is InChI=1S/C25H33ClN5O6P.C21H24ClN5O4.C6H15O3P/c1-6-34-38(5,32)15-33-14-18-19-20(37-25(2,3)36-19)23(35-18)31-22-17(12-27-31)21(28-24(26)29-22)30(4)13-16-10-8-7-9-11-16;1-21(2)30-15-14(11-28)29-19(16(15)31-21)27-18-13(9-23-27)17(24-20(22)25-18)26(3)10-12-7-5-4-6-8-12;1-4-8-10(7,6-3)9-5-2/h7-12,18-20,23H,6,13-15H2,1-5H3;4-9,14-16,19,28H,10-11H2,1-3H3;4-6H2,1-3H3/t18-,19-,20-,23-,38?;14-,15-,16-,19-;/m11./s1. The van der Waals surface area contributed by atoms with E-state index in [1.165, 1.54) is 0 Å². The maximum absolute atomic E-state index is 12.5. The van der Waals surface area contributed by atoms with Crippen LogP contribution in [0.3, 0.4) is 0 Å². The molecule has 0 aliphatic carbocycles. The number of aliphatic hydroxyl groups excluding tert-OH is 1. The third-order valence-corrected chi connectivity index (χ3v) is 16.9. The fraction of sp³-hybridized carbons (Fsp3) is 0.577. The van der Waals surface area contributed by atoms with E-state index in [0.29, 0.717) is 62.0 Å². The topological polar surface area (TPSA) is 240 Å². The second-order valence-electron chi connectivity index (χ2n) is 20.1. The van der Waals surface area contributed by atoms with Gasteiger partial charge in [-0.25, -0.2) is 9.36 Å². The summed E-state index contributed by atoms with van der Waals surface area (Å²) in [6.45, 7) is 18.7. The van der Waals surface area contributed by atoms with Gasteiger partial charge < -0.3 is 61.6 Å². The predicted octanol–water partition coefficient (Wildman–Crippen LogP) is 9.25. The van der Waals surface area contributed by atoms with Gasteiger partial charge in [0.25, 0.3) is 0 Å². The third kappa shape index (κ3) is 14.5. The van der Waals surface area contributed by atoms with Crippen molar-refractivity contribution in [1.29, 1.82) is 0 Å². The van der Waals surface area contributed by atoms with Crippen molar-refractivity contribution in [3.63, 3.8) is 0 Å². The molecular formula is C52H72Cl2N10O13P2. The van der Waals surface area contributed by atoms with Crippen molar-refractivity contribution in [3.05, 3.63) is 94.8 Å². The average Bonchev–Trinajstić information content (AvgIpc) is 4.41. The molecule has 4 aliphatic heterocycles. The number of ether oxygens (including phenoxy) is 7.